The van der Waals surface area contributed by atoms with E-state index in [9.17, 15) is 4.79 Å². The lowest BCUT2D eigenvalue weighted by Crippen LogP contribution is -2.00. The summed E-state index contributed by atoms with van der Waals surface area (Å²) in [5.41, 5.74) is 3.80. The SMILES string of the molecule is Cc1ccc(C=O)cc1-n1ccc(C(C)C)n1. The second-order valence-electron chi connectivity index (χ2n) is 4.50. The van der Waals surface area contributed by atoms with Gasteiger partial charge in [0.2, 0.25) is 0 Å². The van der Waals surface area contributed by atoms with Crippen LogP contribution in [0.2, 0.25) is 0 Å². The molecule has 0 spiro atoms. The third kappa shape index (κ3) is 2.28. The predicted molar refractivity (Wildman–Crippen MR) is 67.8 cm³/mol. The molecule has 0 aliphatic rings. The van der Waals surface area contributed by atoms with Gasteiger partial charge in [-0.15, -0.1) is 0 Å². The van der Waals surface area contributed by atoms with E-state index in [1.165, 1.54) is 0 Å². The number of aldehydes is 1. The maximum atomic E-state index is 10.8. The topological polar surface area (TPSA) is 34.9 Å². The van der Waals surface area contributed by atoms with Crippen LogP contribution in [0, 0.1) is 6.92 Å². The Bertz CT molecular complexity index is 541. The van der Waals surface area contributed by atoms with E-state index in [4.69, 9.17) is 0 Å². The molecule has 0 atom stereocenters. The number of rotatable bonds is 3. The lowest BCUT2D eigenvalue weighted by Gasteiger charge is -2.07. The Morgan fingerprint density at radius 1 is 1.29 bits per heavy atom. The van der Waals surface area contributed by atoms with Gasteiger partial charge < -0.3 is 0 Å². The van der Waals surface area contributed by atoms with Crippen LogP contribution < -0.4 is 0 Å². The first-order valence-corrected chi connectivity index (χ1v) is 5.73. The van der Waals surface area contributed by atoms with Gasteiger partial charge in [-0.2, -0.15) is 5.10 Å². The van der Waals surface area contributed by atoms with E-state index in [0.717, 1.165) is 23.2 Å². The average Bonchev–Trinajstić information content (AvgIpc) is 2.79. The molecule has 17 heavy (non-hydrogen) atoms. The van der Waals surface area contributed by atoms with E-state index in [2.05, 4.69) is 18.9 Å². The van der Waals surface area contributed by atoms with Gasteiger partial charge >= 0.3 is 0 Å². The molecule has 0 saturated carbocycles. The molecule has 0 bridgehead atoms. The lowest BCUT2D eigenvalue weighted by atomic mass is 10.1. The molecule has 0 amide bonds. The molecule has 0 aliphatic carbocycles. The van der Waals surface area contributed by atoms with Crippen molar-refractivity contribution in [2.75, 3.05) is 0 Å². The maximum Gasteiger partial charge on any atom is 0.150 e. The van der Waals surface area contributed by atoms with Gasteiger partial charge in [-0.3, -0.25) is 4.79 Å². The Balaban J connectivity index is 2.47. The summed E-state index contributed by atoms with van der Waals surface area (Å²) >= 11 is 0. The quantitative estimate of drug-likeness (QED) is 0.756. The third-order valence-corrected chi connectivity index (χ3v) is 2.82. The van der Waals surface area contributed by atoms with Gasteiger partial charge in [0.1, 0.15) is 6.29 Å². The first kappa shape index (κ1) is 11.6. The van der Waals surface area contributed by atoms with Crippen molar-refractivity contribution in [1.29, 1.82) is 0 Å². The molecule has 2 rings (SSSR count). The predicted octanol–water partition coefficient (Wildman–Crippen LogP) is 3.12. The van der Waals surface area contributed by atoms with Crippen LogP contribution in [-0.4, -0.2) is 16.1 Å². The summed E-state index contributed by atoms with van der Waals surface area (Å²) in [7, 11) is 0. The van der Waals surface area contributed by atoms with E-state index >= 15 is 0 Å². The molecule has 1 aromatic heterocycles. The maximum absolute atomic E-state index is 10.8. The van der Waals surface area contributed by atoms with Crippen molar-refractivity contribution in [3.63, 3.8) is 0 Å². The van der Waals surface area contributed by atoms with E-state index in [1.807, 2.05) is 42.1 Å². The minimum atomic E-state index is 0.408. The van der Waals surface area contributed by atoms with Gasteiger partial charge in [0.05, 0.1) is 11.4 Å². The Kier molecular flexibility index (Phi) is 3.09. The van der Waals surface area contributed by atoms with Gasteiger partial charge in [0.25, 0.3) is 0 Å². The molecule has 0 aliphatic heterocycles. The highest BCUT2D eigenvalue weighted by Gasteiger charge is 2.07. The number of carbonyl (C=O) groups is 1. The number of hydrogen-bond donors (Lipinski definition) is 0. The zero-order valence-corrected chi connectivity index (χ0v) is 10.3. The zero-order valence-electron chi connectivity index (χ0n) is 10.3. The summed E-state index contributed by atoms with van der Waals surface area (Å²) in [6.45, 7) is 6.24. The first-order valence-electron chi connectivity index (χ1n) is 5.73. The minimum Gasteiger partial charge on any atom is -0.298 e. The second-order valence-corrected chi connectivity index (χ2v) is 4.50. The van der Waals surface area contributed by atoms with Crippen molar-refractivity contribution >= 4 is 6.29 Å². The van der Waals surface area contributed by atoms with Crippen LogP contribution in [-0.2, 0) is 0 Å². The number of benzene rings is 1. The zero-order chi connectivity index (χ0) is 12.4. The summed E-state index contributed by atoms with van der Waals surface area (Å²) < 4.78 is 1.83. The smallest absolute Gasteiger partial charge is 0.150 e. The average molecular weight is 228 g/mol. The van der Waals surface area contributed by atoms with Crippen LogP contribution in [0.15, 0.2) is 30.5 Å². The number of carbonyl (C=O) groups excluding carboxylic acids is 1. The molecule has 1 aromatic carbocycles. The highest BCUT2D eigenvalue weighted by Crippen LogP contribution is 2.17. The van der Waals surface area contributed by atoms with E-state index < -0.39 is 0 Å². The number of aryl methyl sites for hydroxylation is 1. The van der Waals surface area contributed by atoms with Crippen LogP contribution >= 0.6 is 0 Å². The van der Waals surface area contributed by atoms with Crippen LogP contribution in [0.5, 0.6) is 0 Å². The van der Waals surface area contributed by atoms with Crippen molar-refractivity contribution in [2.24, 2.45) is 0 Å². The van der Waals surface area contributed by atoms with Crippen molar-refractivity contribution < 1.29 is 4.79 Å². The molecule has 0 unspecified atom stereocenters. The molecule has 0 saturated heterocycles. The highest BCUT2D eigenvalue weighted by molar-refractivity contribution is 5.76. The molecular formula is C14H16N2O. The molecule has 3 heteroatoms. The van der Waals surface area contributed by atoms with Crippen LogP contribution in [0.1, 0.15) is 41.4 Å². The Morgan fingerprint density at radius 3 is 2.65 bits per heavy atom. The molecule has 3 nitrogen and oxygen atoms in total. The fourth-order valence-corrected chi connectivity index (χ4v) is 1.73. The van der Waals surface area contributed by atoms with Crippen LogP contribution in [0.3, 0.4) is 0 Å². The number of hydrogen-bond acceptors (Lipinski definition) is 2. The Morgan fingerprint density at radius 2 is 2.06 bits per heavy atom. The first-order chi connectivity index (χ1) is 8.11. The fraction of sp³-hybridized carbons (Fsp3) is 0.286. The molecule has 0 N–H and O–H groups in total. The Hall–Kier alpha value is -1.90. The molecule has 0 radical (unpaired) electrons. The summed E-state index contributed by atoms with van der Waals surface area (Å²) in [6, 6.07) is 7.63. The minimum absolute atomic E-state index is 0.408. The van der Waals surface area contributed by atoms with Crippen molar-refractivity contribution in [3.8, 4) is 5.69 Å². The van der Waals surface area contributed by atoms with Crippen molar-refractivity contribution in [1.82, 2.24) is 9.78 Å². The summed E-state index contributed by atoms with van der Waals surface area (Å²) in [5.74, 6) is 0.408. The standard InChI is InChI=1S/C14H16N2O/c1-10(2)13-6-7-16(15-13)14-8-12(9-17)5-4-11(14)3/h4-10H,1-3H3. The summed E-state index contributed by atoms with van der Waals surface area (Å²) in [6.07, 6.45) is 2.79. The summed E-state index contributed by atoms with van der Waals surface area (Å²) in [4.78, 5) is 10.8. The van der Waals surface area contributed by atoms with E-state index in [1.54, 1.807) is 0 Å². The van der Waals surface area contributed by atoms with Crippen LogP contribution in [0.4, 0.5) is 0 Å². The van der Waals surface area contributed by atoms with Gasteiger partial charge in [-0.25, -0.2) is 4.68 Å². The fourth-order valence-electron chi connectivity index (χ4n) is 1.73. The largest absolute Gasteiger partial charge is 0.298 e. The van der Waals surface area contributed by atoms with Crippen LogP contribution in [0.25, 0.3) is 5.69 Å². The van der Waals surface area contributed by atoms with E-state index in [-0.39, 0.29) is 0 Å². The van der Waals surface area contributed by atoms with Gasteiger partial charge in [0.15, 0.2) is 0 Å². The molecule has 1 heterocycles. The monoisotopic (exact) mass is 228 g/mol. The third-order valence-electron chi connectivity index (χ3n) is 2.82. The highest BCUT2D eigenvalue weighted by atomic mass is 16.1. The number of aromatic nitrogens is 2. The van der Waals surface area contributed by atoms with Gasteiger partial charge in [-0.05, 0) is 30.5 Å². The molecule has 88 valence electrons. The molecule has 0 fully saturated rings. The van der Waals surface area contributed by atoms with Crippen molar-refractivity contribution in [3.05, 3.63) is 47.3 Å². The second kappa shape index (κ2) is 4.53. The van der Waals surface area contributed by atoms with Gasteiger partial charge in [0, 0.05) is 11.8 Å². The van der Waals surface area contributed by atoms with E-state index in [0.29, 0.717) is 11.5 Å². The summed E-state index contributed by atoms with van der Waals surface area (Å²) in [5, 5.41) is 4.52. The molecular weight excluding hydrogens is 212 g/mol. The Labute approximate surface area is 101 Å². The lowest BCUT2D eigenvalue weighted by molar-refractivity contribution is 0.112. The van der Waals surface area contributed by atoms with Crippen molar-refractivity contribution in [2.45, 2.75) is 26.7 Å². The van der Waals surface area contributed by atoms with Gasteiger partial charge in [-0.1, -0.05) is 26.0 Å². The number of nitrogens with zero attached hydrogens (tertiary/aromatic N) is 2. The normalized spacial score (nSPS) is 10.8. The molecule has 2 aromatic rings.